The number of fused-ring (bicyclic) bond motifs is 1. The van der Waals surface area contributed by atoms with E-state index in [2.05, 4.69) is 10.4 Å². The Kier molecular flexibility index (Phi) is 5.06. The lowest BCUT2D eigenvalue weighted by Gasteiger charge is -2.14. The van der Waals surface area contributed by atoms with Crippen LogP contribution in [0.3, 0.4) is 0 Å². The molecular weight excluding hydrogens is 388 g/mol. The van der Waals surface area contributed by atoms with Crippen LogP contribution >= 0.6 is 11.3 Å². The number of rotatable bonds is 4. The lowest BCUT2D eigenvalue weighted by atomic mass is 10.3. The van der Waals surface area contributed by atoms with Crippen LogP contribution in [0.25, 0.3) is 23.3 Å². The van der Waals surface area contributed by atoms with Crippen LogP contribution in [-0.4, -0.2) is 28.2 Å². The third-order valence-corrected chi connectivity index (χ3v) is 5.91. The largest absolute Gasteiger partial charge is 0.398 e. The second kappa shape index (κ2) is 7.67. The van der Waals surface area contributed by atoms with E-state index in [-0.39, 0.29) is 5.56 Å². The minimum absolute atomic E-state index is 0.0167. The molecule has 1 aliphatic rings. The van der Waals surface area contributed by atoms with Crippen molar-refractivity contribution >= 4 is 34.6 Å². The van der Waals surface area contributed by atoms with E-state index in [1.165, 1.54) is 11.3 Å². The third-order valence-electron chi connectivity index (χ3n) is 4.83. The molecular formula is C20H23N6O2S+. The Balaban J connectivity index is 1.83. The molecule has 2 aromatic heterocycles. The molecule has 4 rings (SSSR count). The van der Waals surface area contributed by atoms with E-state index in [4.69, 9.17) is 4.42 Å². The van der Waals surface area contributed by atoms with Crippen molar-refractivity contribution < 1.29 is 8.98 Å². The van der Waals surface area contributed by atoms with Gasteiger partial charge in [0.05, 0.1) is 10.6 Å². The molecule has 1 aromatic carbocycles. The van der Waals surface area contributed by atoms with Crippen molar-refractivity contribution in [2.24, 2.45) is 17.5 Å². The van der Waals surface area contributed by atoms with Gasteiger partial charge in [-0.3, -0.25) is 9.36 Å². The molecule has 3 aromatic rings. The first-order chi connectivity index (χ1) is 14.0. The van der Waals surface area contributed by atoms with E-state index in [1.54, 1.807) is 14.6 Å². The van der Waals surface area contributed by atoms with Crippen molar-refractivity contribution in [1.82, 2.24) is 14.6 Å². The lowest BCUT2D eigenvalue weighted by molar-refractivity contribution is -0.652. The maximum absolute atomic E-state index is 12.9. The second-order valence-electron chi connectivity index (χ2n) is 6.58. The lowest BCUT2D eigenvalue weighted by Crippen LogP contribution is -2.33. The van der Waals surface area contributed by atoms with Crippen LogP contribution in [0.5, 0.6) is 0 Å². The van der Waals surface area contributed by atoms with E-state index in [9.17, 15) is 4.79 Å². The highest BCUT2D eigenvalue weighted by Gasteiger charge is 2.18. The molecule has 150 valence electrons. The SMILES string of the molecule is CCN1N=NN(C)C1=C/C=c1/sc(=Cc2oc3ccccc3[n+]2C)n(CC)c1=O. The average molecular weight is 412 g/mol. The van der Waals surface area contributed by atoms with Gasteiger partial charge in [-0.1, -0.05) is 12.1 Å². The molecule has 1 aliphatic heterocycles. The van der Waals surface area contributed by atoms with Crippen molar-refractivity contribution in [2.75, 3.05) is 13.6 Å². The third kappa shape index (κ3) is 3.38. The highest BCUT2D eigenvalue weighted by molar-refractivity contribution is 7.07. The van der Waals surface area contributed by atoms with Crippen LogP contribution in [0.15, 0.2) is 55.8 Å². The number of oxazole rings is 1. The molecule has 0 unspecified atom stereocenters. The number of aryl methyl sites for hydroxylation is 1. The minimum atomic E-state index is -0.0167. The highest BCUT2D eigenvalue weighted by Crippen LogP contribution is 2.17. The molecule has 3 heterocycles. The quantitative estimate of drug-likeness (QED) is 0.610. The van der Waals surface area contributed by atoms with E-state index in [0.717, 1.165) is 21.6 Å². The predicted octanol–water partition coefficient (Wildman–Crippen LogP) is 1.50. The Hall–Kier alpha value is -3.20. The van der Waals surface area contributed by atoms with Crippen molar-refractivity contribution in [2.45, 2.75) is 20.4 Å². The second-order valence-corrected chi connectivity index (χ2v) is 7.64. The van der Waals surface area contributed by atoms with Crippen LogP contribution in [0.2, 0.25) is 0 Å². The summed E-state index contributed by atoms with van der Waals surface area (Å²) in [7, 11) is 3.79. The summed E-state index contributed by atoms with van der Waals surface area (Å²) in [5.41, 5.74) is 1.81. The summed E-state index contributed by atoms with van der Waals surface area (Å²) in [6, 6.07) is 7.87. The van der Waals surface area contributed by atoms with E-state index in [1.807, 2.05) is 75.0 Å². The van der Waals surface area contributed by atoms with Gasteiger partial charge in [-0.15, -0.1) is 11.3 Å². The Bertz CT molecular complexity index is 1300. The summed E-state index contributed by atoms with van der Waals surface area (Å²) < 4.78 is 11.2. The first kappa shape index (κ1) is 19.1. The number of thiazole rings is 1. The van der Waals surface area contributed by atoms with Gasteiger partial charge in [0.25, 0.3) is 11.1 Å². The molecule has 0 atom stereocenters. The summed E-state index contributed by atoms with van der Waals surface area (Å²) in [6.07, 6.45) is 5.63. The van der Waals surface area contributed by atoms with Gasteiger partial charge in [-0.05, 0) is 42.5 Å². The van der Waals surface area contributed by atoms with E-state index >= 15 is 0 Å². The van der Waals surface area contributed by atoms with Gasteiger partial charge in [-0.2, -0.15) is 4.57 Å². The topological polar surface area (TPSA) is 70.2 Å². The van der Waals surface area contributed by atoms with Crippen LogP contribution in [-0.2, 0) is 13.6 Å². The van der Waals surface area contributed by atoms with Crippen molar-refractivity contribution in [3.63, 3.8) is 0 Å². The first-order valence-electron chi connectivity index (χ1n) is 9.47. The van der Waals surface area contributed by atoms with Crippen molar-refractivity contribution in [3.05, 3.63) is 61.6 Å². The predicted molar refractivity (Wildman–Crippen MR) is 112 cm³/mol. The smallest absolute Gasteiger partial charge is 0.376 e. The number of nitrogens with zero attached hydrogens (tertiary/aromatic N) is 6. The van der Waals surface area contributed by atoms with E-state index < -0.39 is 0 Å². The summed E-state index contributed by atoms with van der Waals surface area (Å²) in [5, 5.41) is 11.6. The van der Waals surface area contributed by atoms with Gasteiger partial charge in [0.2, 0.25) is 5.58 Å². The zero-order chi connectivity index (χ0) is 20.5. The Labute approximate surface area is 171 Å². The molecule has 0 bridgehead atoms. The number of allylic oxidation sites excluding steroid dienone is 1. The monoisotopic (exact) mass is 411 g/mol. The molecule has 0 fully saturated rings. The fourth-order valence-electron chi connectivity index (χ4n) is 3.25. The Morgan fingerprint density at radius 3 is 2.69 bits per heavy atom. The van der Waals surface area contributed by atoms with E-state index in [0.29, 0.717) is 23.5 Å². The summed E-state index contributed by atoms with van der Waals surface area (Å²) in [4.78, 5) is 12.9. The van der Waals surface area contributed by atoms with Gasteiger partial charge in [0.15, 0.2) is 0 Å². The molecule has 0 saturated heterocycles. The van der Waals surface area contributed by atoms with Gasteiger partial charge < -0.3 is 4.42 Å². The fraction of sp³-hybridized carbons (Fsp3) is 0.300. The fourth-order valence-corrected chi connectivity index (χ4v) is 4.29. The molecule has 29 heavy (non-hydrogen) atoms. The number of hydrogen-bond donors (Lipinski definition) is 0. The summed E-state index contributed by atoms with van der Waals surface area (Å²) in [5.74, 6) is 1.53. The Morgan fingerprint density at radius 2 is 1.97 bits per heavy atom. The average Bonchev–Trinajstić information content (AvgIpc) is 3.34. The molecule has 0 N–H and O–H groups in total. The number of aromatic nitrogens is 2. The first-order valence-corrected chi connectivity index (χ1v) is 10.3. The van der Waals surface area contributed by atoms with Crippen molar-refractivity contribution in [3.8, 4) is 0 Å². The van der Waals surface area contributed by atoms with Gasteiger partial charge >= 0.3 is 5.89 Å². The van der Waals surface area contributed by atoms with Crippen molar-refractivity contribution in [1.29, 1.82) is 0 Å². The van der Waals surface area contributed by atoms with Gasteiger partial charge in [0, 0.05) is 26.2 Å². The zero-order valence-electron chi connectivity index (χ0n) is 16.9. The maximum Gasteiger partial charge on any atom is 0.376 e. The van der Waals surface area contributed by atoms with Crippen LogP contribution in [0.4, 0.5) is 0 Å². The molecule has 9 heteroatoms. The normalized spacial score (nSPS) is 16.9. The number of hydrogen-bond acceptors (Lipinski definition) is 7. The number of para-hydroxylation sites is 2. The molecule has 0 aliphatic carbocycles. The van der Waals surface area contributed by atoms with Gasteiger partial charge in [-0.25, -0.2) is 10.0 Å². The van der Waals surface area contributed by atoms with Gasteiger partial charge in [0.1, 0.15) is 17.5 Å². The Morgan fingerprint density at radius 1 is 1.17 bits per heavy atom. The maximum atomic E-state index is 12.9. The summed E-state index contributed by atoms with van der Waals surface area (Å²) >= 11 is 1.44. The number of benzene rings is 1. The molecule has 8 nitrogen and oxygen atoms in total. The minimum Gasteiger partial charge on any atom is -0.398 e. The van der Waals surface area contributed by atoms with Crippen LogP contribution < -0.4 is 19.3 Å². The highest BCUT2D eigenvalue weighted by atomic mass is 32.1. The zero-order valence-corrected chi connectivity index (χ0v) is 17.7. The van der Waals surface area contributed by atoms with Crippen LogP contribution in [0.1, 0.15) is 19.7 Å². The van der Waals surface area contributed by atoms with Crippen LogP contribution in [0, 0.1) is 0 Å². The molecule has 0 amide bonds. The molecule has 0 radical (unpaired) electrons. The molecule has 0 spiro atoms. The summed E-state index contributed by atoms with van der Waals surface area (Å²) in [6.45, 7) is 5.26. The molecule has 0 saturated carbocycles. The standard InChI is InChI=1S/C20H23N6O2S/c1-5-25-19(13-18-23(3)14-9-7-8-10-15(14)28-18)29-16(20(25)27)11-12-17-24(4)21-22-26(17)6-2/h7-13H,5-6H2,1-4H3/q+1/b16-11+,17-12?.